The highest BCUT2D eigenvalue weighted by molar-refractivity contribution is 5.36. The molecule has 4 fully saturated rings. The van der Waals surface area contributed by atoms with E-state index in [-0.39, 0.29) is 16.9 Å². The van der Waals surface area contributed by atoms with Gasteiger partial charge in [0.25, 0.3) is 0 Å². The second-order valence-corrected chi connectivity index (χ2v) is 7.27. The molecule has 4 aliphatic heterocycles. The van der Waals surface area contributed by atoms with Crippen molar-refractivity contribution in [1.82, 2.24) is 9.80 Å². The maximum Gasteiger partial charge on any atom is 0.0507 e. The first-order chi connectivity index (χ1) is 9.02. The molecule has 3 atom stereocenters. The molecule has 5 rings (SSSR count). The molecule has 0 aromatic heterocycles. The Morgan fingerprint density at radius 2 is 1.63 bits per heavy atom. The van der Waals surface area contributed by atoms with E-state index in [0.717, 1.165) is 32.8 Å². The van der Waals surface area contributed by atoms with E-state index in [1.54, 1.807) is 0 Å². The summed E-state index contributed by atoms with van der Waals surface area (Å²) in [6, 6.07) is 9.33. The van der Waals surface area contributed by atoms with Gasteiger partial charge in [0.1, 0.15) is 0 Å². The summed E-state index contributed by atoms with van der Waals surface area (Å²) in [7, 11) is 0. The van der Waals surface area contributed by atoms with Gasteiger partial charge in [0, 0.05) is 43.1 Å². The van der Waals surface area contributed by atoms with Crippen LogP contribution in [0.5, 0.6) is 0 Å². The maximum atomic E-state index is 6.75. The topological polar surface area (TPSA) is 32.5 Å². The van der Waals surface area contributed by atoms with E-state index in [4.69, 9.17) is 5.73 Å². The summed E-state index contributed by atoms with van der Waals surface area (Å²) in [6.07, 6.45) is 0. The van der Waals surface area contributed by atoms with E-state index in [9.17, 15) is 0 Å². The Hall–Kier alpha value is -0.900. The largest absolute Gasteiger partial charge is 0.326 e. The quantitative estimate of drug-likeness (QED) is 0.820. The predicted octanol–water partition coefficient (Wildman–Crippen LogP) is 1.17. The third kappa shape index (κ3) is 1.49. The first-order valence-corrected chi connectivity index (χ1v) is 7.29. The summed E-state index contributed by atoms with van der Waals surface area (Å²) >= 11 is 0. The van der Waals surface area contributed by atoms with Crippen molar-refractivity contribution in [2.24, 2.45) is 11.1 Å². The Labute approximate surface area is 115 Å². The first-order valence-electron chi connectivity index (χ1n) is 7.29. The zero-order valence-electron chi connectivity index (χ0n) is 11.9. The molecule has 4 bridgehead atoms. The average Bonchev–Trinajstić information content (AvgIpc) is 2.35. The number of nitrogens with zero attached hydrogens (tertiary/aromatic N) is 2. The minimum absolute atomic E-state index is 0.136. The van der Waals surface area contributed by atoms with Crippen LogP contribution in [0.1, 0.15) is 18.1 Å². The van der Waals surface area contributed by atoms with E-state index in [2.05, 4.69) is 47.9 Å². The molecule has 1 aromatic carbocycles. The molecule has 4 aliphatic rings. The predicted molar refractivity (Wildman–Crippen MR) is 77.0 cm³/mol. The van der Waals surface area contributed by atoms with Crippen LogP contribution in [0.4, 0.5) is 0 Å². The minimum Gasteiger partial charge on any atom is -0.326 e. The van der Waals surface area contributed by atoms with Crippen LogP contribution in [-0.2, 0) is 5.41 Å². The molecule has 0 radical (unpaired) electrons. The molecule has 2 N–H and O–H groups in total. The molecule has 19 heavy (non-hydrogen) atoms. The molecule has 4 saturated heterocycles. The molecule has 0 spiro atoms. The van der Waals surface area contributed by atoms with Gasteiger partial charge >= 0.3 is 0 Å². The van der Waals surface area contributed by atoms with Crippen molar-refractivity contribution in [3.8, 4) is 0 Å². The molecule has 102 valence electrons. The van der Waals surface area contributed by atoms with Gasteiger partial charge in [-0.25, -0.2) is 0 Å². The smallest absolute Gasteiger partial charge is 0.0507 e. The molecule has 3 nitrogen and oxygen atoms in total. The van der Waals surface area contributed by atoms with Crippen molar-refractivity contribution < 1.29 is 0 Å². The molecular formula is C16H23N3. The molecule has 1 aromatic rings. The normalized spacial score (nSPS) is 47.6. The fraction of sp³-hybridized carbons (Fsp3) is 0.625. The van der Waals surface area contributed by atoms with Crippen molar-refractivity contribution >= 4 is 0 Å². The second-order valence-electron chi connectivity index (χ2n) is 7.27. The fourth-order valence-electron chi connectivity index (χ4n) is 4.82. The molecular weight excluding hydrogens is 234 g/mol. The van der Waals surface area contributed by atoms with Gasteiger partial charge in [0.05, 0.1) is 6.67 Å². The lowest BCUT2D eigenvalue weighted by molar-refractivity contribution is -0.142. The maximum absolute atomic E-state index is 6.75. The van der Waals surface area contributed by atoms with Crippen LogP contribution in [0.2, 0.25) is 0 Å². The SMILES string of the molecule is Cc1ccc(C23CN4CN(CC(C)(C4)C2N)C3)cc1. The van der Waals surface area contributed by atoms with Crippen molar-refractivity contribution in [2.75, 3.05) is 32.8 Å². The monoisotopic (exact) mass is 257 g/mol. The highest BCUT2D eigenvalue weighted by Crippen LogP contribution is 2.49. The second kappa shape index (κ2) is 3.60. The number of piperidine rings is 2. The van der Waals surface area contributed by atoms with E-state index in [1.807, 2.05) is 0 Å². The van der Waals surface area contributed by atoms with Gasteiger partial charge in [-0.2, -0.15) is 0 Å². The van der Waals surface area contributed by atoms with Crippen molar-refractivity contribution in [3.05, 3.63) is 35.4 Å². The van der Waals surface area contributed by atoms with Crippen LogP contribution in [0.15, 0.2) is 24.3 Å². The number of nitrogens with two attached hydrogens (primary N) is 1. The van der Waals surface area contributed by atoms with Gasteiger partial charge in [-0.1, -0.05) is 36.8 Å². The van der Waals surface area contributed by atoms with E-state index in [0.29, 0.717) is 0 Å². The van der Waals surface area contributed by atoms with Crippen molar-refractivity contribution in [1.29, 1.82) is 0 Å². The lowest BCUT2D eigenvalue weighted by Gasteiger charge is -2.67. The summed E-state index contributed by atoms with van der Waals surface area (Å²) in [4.78, 5) is 5.19. The summed E-state index contributed by atoms with van der Waals surface area (Å²) in [5, 5.41) is 0. The fourth-order valence-corrected chi connectivity index (χ4v) is 4.82. The number of aryl methyl sites for hydroxylation is 1. The molecule has 0 aliphatic carbocycles. The number of hydrogen-bond donors (Lipinski definition) is 1. The Morgan fingerprint density at radius 3 is 2.21 bits per heavy atom. The summed E-state index contributed by atoms with van der Waals surface area (Å²) in [5.41, 5.74) is 9.90. The summed E-state index contributed by atoms with van der Waals surface area (Å²) in [5.74, 6) is 0. The molecule has 3 unspecified atom stereocenters. The first kappa shape index (κ1) is 11.9. The summed E-state index contributed by atoms with van der Waals surface area (Å²) in [6.45, 7) is 10.2. The lowest BCUT2D eigenvalue weighted by atomic mass is 9.57. The van der Waals surface area contributed by atoms with Gasteiger partial charge in [-0.15, -0.1) is 0 Å². The zero-order chi connectivity index (χ0) is 13.3. The van der Waals surface area contributed by atoms with Gasteiger partial charge in [0.2, 0.25) is 0 Å². The van der Waals surface area contributed by atoms with Crippen LogP contribution >= 0.6 is 0 Å². The van der Waals surface area contributed by atoms with Crippen LogP contribution in [0, 0.1) is 12.3 Å². The van der Waals surface area contributed by atoms with E-state index < -0.39 is 0 Å². The van der Waals surface area contributed by atoms with E-state index in [1.165, 1.54) is 11.1 Å². The molecule has 0 saturated carbocycles. The number of hydrogen-bond acceptors (Lipinski definition) is 3. The van der Waals surface area contributed by atoms with Gasteiger partial charge < -0.3 is 5.73 Å². The van der Waals surface area contributed by atoms with Crippen molar-refractivity contribution in [3.63, 3.8) is 0 Å². The van der Waals surface area contributed by atoms with E-state index >= 15 is 0 Å². The van der Waals surface area contributed by atoms with Crippen LogP contribution < -0.4 is 5.73 Å². The van der Waals surface area contributed by atoms with Gasteiger partial charge in [-0.05, 0) is 12.5 Å². The standard InChI is InChI=1S/C16H23N3/c1-12-3-5-13(6-4-12)16-9-18-7-15(2,14(16)17)8-19(10-16)11-18/h3-6,14H,7-11,17H2,1-2H3. The third-order valence-electron chi connectivity index (χ3n) is 5.55. The molecule has 4 heterocycles. The summed E-state index contributed by atoms with van der Waals surface area (Å²) < 4.78 is 0. The van der Waals surface area contributed by atoms with Crippen LogP contribution in [0.25, 0.3) is 0 Å². The zero-order valence-corrected chi connectivity index (χ0v) is 11.9. The molecule has 3 heteroatoms. The van der Waals surface area contributed by atoms with Gasteiger partial charge in [-0.3, -0.25) is 9.80 Å². The Kier molecular flexibility index (Phi) is 2.25. The highest BCUT2D eigenvalue weighted by Gasteiger charge is 2.60. The number of rotatable bonds is 1. The minimum atomic E-state index is 0.136. The number of benzene rings is 1. The van der Waals surface area contributed by atoms with Crippen molar-refractivity contribution in [2.45, 2.75) is 25.3 Å². The highest BCUT2D eigenvalue weighted by atomic mass is 15.4. The third-order valence-corrected chi connectivity index (χ3v) is 5.55. The molecule has 0 amide bonds. The van der Waals surface area contributed by atoms with Gasteiger partial charge in [0.15, 0.2) is 0 Å². The Morgan fingerprint density at radius 1 is 1.05 bits per heavy atom. The average molecular weight is 257 g/mol. The Bertz CT molecular complexity index is 493. The van der Waals surface area contributed by atoms with Crippen LogP contribution in [0.3, 0.4) is 0 Å². The lowest BCUT2D eigenvalue weighted by Crippen LogP contribution is -2.80. The Balaban J connectivity index is 1.82. The van der Waals surface area contributed by atoms with Crippen LogP contribution in [-0.4, -0.2) is 48.7 Å².